The van der Waals surface area contributed by atoms with Gasteiger partial charge in [0.15, 0.2) is 0 Å². The molecule has 2 aromatic carbocycles. The molecule has 2 amide bonds. The van der Waals surface area contributed by atoms with Crippen molar-refractivity contribution in [2.75, 3.05) is 4.72 Å². The zero-order valence-electron chi connectivity index (χ0n) is 14.9. The molecule has 2 heterocycles. The van der Waals surface area contributed by atoms with Crippen molar-refractivity contribution >= 4 is 27.5 Å². The quantitative estimate of drug-likeness (QED) is 0.652. The van der Waals surface area contributed by atoms with E-state index in [4.69, 9.17) is 0 Å². The molecule has 0 aliphatic carbocycles. The molecule has 1 aromatic heterocycles. The molecule has 0 fully saturated rings. The second kappa shape index (κ2) is 7.10. The van der Waals surface area contributed by atoms with Crippen molar-refractivity contribution in [3.8, 4) is 0 Å². The molecule has 1 N–H and O–H groups in total. The summed E-state index contributed by atoms with van der Waals surface area (Å²) in [6.07, 6.45) is 1.45. The van der Waals surface area contributed by atoms with Crippen LogP contribution in [-0.2, 0) is 16.6 Å². The number of hydrogen-bond donors (Lipinski definition) is 1. The maximum absolute atomic E-state index is 13.0. The van der Waals surface area contributed by atoms with Crippen LogP contribution in [0.1, 0.15) is 26.4 Å². The Morgan fingerprint density at radius 3 is 2.28 bits per heavy atom. The smallest absolute Gasteiger partial charge is 0.280 e. The Morgan fingerprint density at radius 2 is 1.62 bits per heavy atom. The van der Waals surface area contributed by atoms with Crippen LogP contribution in [0.15, 0.2) is 71.8 Å². The lowest BCUT2D eigenvalue weighted by atomic mass is 10.2. The van der Waals surface area contributed by atoms with Gasteiger partial charge in [0.2, 0.25) is 0 Å². The number of nitrogens with zero attached hydrogens (tertiary/aromatic N) is 2. The van der Waals surface area contributed by atoms with Gasteiger partial charge in [-0.25, -0.2) is 12.8 Å². The minimum atomic E-state index is -3.87. The number of anilines is 1. The molecule has 0 atom stereocenters. The van der Waals surface area contributed by atoms with Crippen LogP contribution in [-0.4, -0.2) is 30.1 Å². The Balaban J connectivity index is 1.50. The molecule has 9 heteroatoms. The normalized spacial score (nSPS) is 13.5. The molecule has 0 radical (unpaired) electrons. The lowest BCUT2D eigenvalue weighted by molar-refractivity contribution is 0.0640. The SMILES string of the molecule is O=C1c2cccnc2C(=O)N1Cc1ccc(S(=O)(=O)Nc2ccc(F)cc2)cc1. The second-order valence-electron chi connectivity index (χ2n) is 6.35. The number of imide groups is 1. The minimum Gasteiger partial charge on any atom is -0.280 e. The number of pyridine rings is 1. The van der Waals surface area contributed by atoms with Gasteiger partial charge in [0.1, 0.15) is 11.5 Å². The predicted molar refractivity (Wildman–Crippen MR) is 102 cm³/mol. The first-order valence-electron chi connectivity index (χ1n) is 8.54. The Hall–Kier alpha value is -3.59. The van der Waals surface area contributed by atoms with Crippen LogP contribution in [0.4, 0.5) is 10.1 Å². The van der Waals surface area contributed by atoms with Crippen LogP contribution in [0.3, 0.4) is 0 Å². The summed E-state index contributed by atoms with van der Waals surface area (Å²) in [7, 11) is -3.87. The number of carbonyl (C=O) groups is 2. The average molecular weight is 411 g/mol. The van der Waals surface area contributed by atoms with E-state index in [1.165, 1.54) is 42.6 Å². The zero-order chi connectivity index (χ0) is 20.6. The molecule has 1 aliphatic heterocycles. The molecular formula is C20H14FN3O4S. The number of halogens is 1. The monoisotopic (exact) mass is 411 g/mol. The van der Waals surface area contributed by atoms with Crippen LogP contribution in [0.2, 0.25) is 0 Å². The number of fused-ring (bicyclic) bond motifs is 1. The van der Waals surface area contributed by atoms with Crippen molar-refractivity contribution in [1.82, 2.24) is 9.88 Å². The van der Waals surface area contributed by atoms with Crippen molar-refractivity contribution in [3.63, 3.8) is 0 Å². The molecule has 146 valence electrons. The van der Waals surface area contributed by atoms with Crippen LogP contribution < -0.4 is 4.72 Å². The van der Waals surface area contributed by atoms with E-state index in [9.17, 15) is 22.4 Å². The Kier molecular flexibility index (Phi) is 4.59. The Morgan fingerprint density at radius 1 is 0.931 bits per heavy atom. The fourth-order valence-corrected chi connectivity index (χ4v) is 4.00. The number of nitrogens with one attached hydrogen (secondary N) is 1. The summed E-state index contributed by atoms with van der Waals surface area (Å²) >= 11 is 0. The average Bonchev–Trinajstić information content (AvgIpc) is 2.95. The lowest BCUT2D eigenvalue weighted by Crippen LogP contribution is -2.29. The third-order valence-corrected chi connectivity index (χ3v) is 5.80. The van der Waals surface area contributed by atoms with E-state index in [2.05, 4.69) is 9.71 Å². The van der Waals surface area contributed by atoms with E-state index in [0.717, 1.165) is 17.0 Å². The number of sulfonamides is 1. The van der Waals surface area contributed by atoms with Crippen molar-refractivity contribution < 1.29 is 22.4 Å². The maximum atomic E-state index is 13.0. The molecule has 3 aromatic rings. The summed E-state index contributed by atoms with van der Waals surface area (Å²) in [6.45, 7) is -0.000253. The molecule has 7 nitrogen and oxygen atoms in total. The van der Waals surface area contributed by atoms with Crippen molar-refractivity contribution in [3.05, 3.63) is 89.5 Å². The fraction of sp³-hybridized carbons (Fsp3) is 0.0500. The number of rotatable bonds is 5. The Labute approximate surface area is 165 Å². The van der Waals surface area contributed by atoms with E-state index in [-0.39, 0.29) is 28.4 Å². The third kappa shape index (κ3) is 3.59. The fourth-order valence-electron chi connectivity index (χ4n) is 2.95. The summed E-state index contributed by atoms with van der Waals surface area (Å²) in [5, 5.41) is 0. The molecule has 4 rings (SSSR count). The molecular weight excluding hydrogens is 397 g/mol. The number of amides is 2. The highest BCUT2D eigenvalue weighted by molar-refractivity contribution is 7.92. The predicted octanol–water partition coefficient (Wildman–Crippen LogP) is 2.82. The summed E-state index contributed by atoms with van der Waals surface area (Å²) in [6, 6.07) is 13.9. The number of hydrogen-bond acceptors (Lipinski definition) is 5. The van der Waals surface area contributed by atoms with Gasteiger partial charge >= 0.3 is 0 Å². The van der Waals surface area contributed by atoms with Crippen LogP contribution in [0, 0.1) is 5.82 Å². The van der Waals surface area contributed by atoms with Gasteiger partial charge in [0.25, 0.3) is 21.8 Å². The zero-order valence-corrected chi connectivity index (χ0v) is 15.7. The van der Waals surface area contributed by atoms with Gasteiger partial charge in [0, 0.05) is 11.9 Å². The van der Waals surface area contributed by atoms with E-state index in [0.29, 0.717) is 5.56 Å². The van der Waals surface area contributed by atoms with E-state index in [1.807, 2.05) is 0 Å². The second-order valence-corrected chi connectivity index (χ2v) is 8.03. The highest BCUT2D eigenvalue weighted by atomic mass is 32.2. The van der Waals surface area contributed by atoms with Gasteiger partial charge in [0.05, 0.1) is 17.0 Å². The standard InChI is InChI=1S/C20H14FN3O4S/c21-14-5-7-15(8-6-14)23-29(27,28)16-9-3-13(4-10-16)12-24-19(25)17-2-1-11-22-18(17)20(24)26/h1-11,23H,12H2. The number of aromatic nitrogens is 1. The Bertz CT molecular complexity index is 1170. The molecule has 0 saturated heterocycles. The van der Waals surface area contributed by atoms with Crippen LogP contribution in [0.25, 0.3) is 0 Å². The largest absolute Gasteiger partial charge is 0.280 e. The number of carbonyl (C=O) groups excluding carboxylic acids is 2. The molecule has 0 bridgehead atoms. The van der Waals surface area contributed by atoms with E-state index in [1.54, 1.807) is 12.1 Å². The summed E-state index contributed by atoms with van der Waals surface area (Å²) in [5.74, 6) is -1.39. The highest BCUT2D eigenvalue weighted by Gasteiger charge is 2.36. The van der Waals surface area contributed by atoms with Gasteiger partial charge in [-0.3, -0.25) is 24.2 Å². The van der Waals surface area contributed by atoms with Gasteiger partial charge in [-0.1, -0.05) is 12.1 Å². The first-order valence-corrected chi connectivity index (χ1v) is 10.0. The minimum absolute atomic E-state index is 0.000253. The molecule has 1 aliphatic rings. The summed E-state index contributed by atoms with van der Waals surface area (Å²) in [5.41, 5.74) is 1.18. The van der Waals surface area contributed by atoms with E-state index >= 15 is 0 Å². The molecule has 0 saturated carbocycles. The van der Waals surface area contributed by atoms with Crippen molar-refractivity contribution in [2.24, 2.45) is 0 Å². The summed E-state index contributed by atoms with van der Waals surface area (Å²) in [4.78, 5) is 29.8. The lowest BCUT2D eigenvalue weighted by Gasteiger charge is -2.14. The molecule has 0 unspecified atom stereocenters. The molecule has 0 spiro atoms. The van der Waals surface area contributed by atoms with Crippen LogP contribution in [0.5, 0.6) is 0 Å². The van der Waals surface area contributed by atoms with Crippen LogP contribution >= 0.6 is 0 Å². The van der Waals surface area contributed by atoms with Crippen molar-refractivity contribution in [1.29, 1.82) is 0 Å². The van der Waals surface area contributed by atoms with Gasteiger partial charge in [-0.05, 0) is 54.1 Å². The summed E-state index contributed by atoms with van der Waals surface area (Å²) < 4.78 is 40.2. The van der Waals surface area contributed by atoms with Gasteiger partial charge < -0.3 is 0 Å². The van der Waals surface area contributed by atoms with Gasteiger partial charge in [-0.2, -0.15) is 0 Å². The first-order chi connectivity index (χ1) is 13.8. The first kappa shape index (κ1) is 18.8. The van der Waals surface area contributed by atoms with Gasteiger partial charge in [-0.15, -0.1) is 0 Å². The molecule has 29 heavy (non-hydrogen) atoms. The van der Waals surface area contributed by atoms with E-state index < -0.39 is 27.7 Å². The highest BCUT2D eigenvalue weighted by Crippen LogP contribution is 2.23. The third-order valence-electron chi connectivity index (χ3n) is 4.40. The van der Waals surface area contributed by atoms with Crippen molar-refractivity contribution in [2.45, 2.75) is 11.4 Å². The maximum Gasteiger partial charge on any atom is 0.280 e. The number of benzene rings is 2. The topological polar surface area (TPSA) is 96.4 Å².